The van der Waals surface area contributed by atoms with Gasteiger partial charge in [-0.25, -0.2) is 0 Å². The summed E-state index contributed by atoms with van der Waals surface area (Å²) in [5, 5.41) is 9.42. The van der Waals surface area contributed by atoms with Gasteiger partial charge < -0.3 is 33.2 Å². The number of phenols is 1. The van der Waals surface area contributed by atoms with E-state index in [-0.39, 0.29) is 35.3 Å². The van der Waals surface area contributed by atoms with Crippen LogP contribution in [0.4, 0.5) is 0 Å². The van der Waals surface area contributed by atoms with Gasteiger partial charge in [-0.1, -0.05) is 54.6 Å². The number of rotatable bonds is 8. The van der Waals surface area contributed by atoms with Crippen LogP contribution in [0.25, 0.3) is 0 Å². The quantitative estimate of drug-likeness (QED) is 0.290. The molecule has 0 aromatic heterocycles. The molecule has 2 fully saturated rings. The van der Waals surface area contributed by atoms with E-state index in [1.54, 1.807) is 18.2 Å². The maximum Gasteiger partial charge on any atom is 0.494 e. The molecular weight excluding hydrogens is 530 g/mol. The summed E-state index contributed by atoms with van der Waals surface area (Å²) in [4.78, 5) is 0. The van der Waals surface area contributed by atoms with E-state index in [1.165, 1.54) is 0 Å². The number of phenolic OH excluding ortho intramolecular Hbond substituents is 1. The summed E-state index contributed by atoms with van der Waals surface area (Å²) in [6, 6.07) is 25.0. The first-order chi connectivity index (χ1) is 19.7. The van der Waals surface area contributed by atoms with E-state index in [0.717, 1.165) is 22.2 Å². The second-order valence-corrected chi connectivity index (χ2v) is 12.7. The van der Waals surface area contributed by atoms with Crippen LogP contribution in [-0.2, 0) is 30.0 Å². The molecule has 9 heteroatoms. The van der Waals surface area contributed by atoms with E-state index in [9.17, 15) is 5.11 Å². The fourth-order valence-corrected chi connectivity index (χ4v) is 4.36. The Hall–Kier alpha value is -2.81. The van der Waals surface area contributed by atoms with Crippen molar-refractivity contribution >= 4 is 25.2 Å². The van der Waals surface area contributed by atoms with Crippen molar-refractivity contribution in [1.29, 1.82) is 0 Å². The summed E-state index contributed by atoms with van der Waals surface area (Å²) in [6.45, 7) is 17.9. The number of benzene rings is 3. The fraction of sp³-hybridized carbons (Fsp3) is 0.455. The Bertz CT molecular complexity index is 1280. The summed E-state index contributed by atoms with van der Waals surface area (Å²) < 4.78 is 35.4. The zero-order valence-electron chi connectivity index (χ0n) is 26.2. The molecule has 1 N–H and O–H groups in total. The van der Waals surface area contributed by atoms with Crippen LogP contribution < -0.4 is 15.7 Å². The summed E-state index contributed by atoms with van der Waals surface area (Å²) in [6.07, 6.45) is 0. The van der Waals surface area contributed by atoms with Crippen molar-refractivity contribution in [3.8, 4) is 11.5 Å². The Kier molecular flexibility index (Phi) is 9.80. The van der Waals surface area contributed by atoms with E-state index in [1.807, 2.05) is 76.2 Å². The minimum absolute atomic E-state index is 0.229. The molecule has 3 aromatic rings. The van der Waals surface area contributed by atoms with E-state index >= 15 is 0 Å². The SMILES string of the molecule is CC1(C)OB(c2cccc(O)c2)OC1(C)C.CC1(C)OB(c2cccc(OCCOCc3ccccc3)c2)OC1(C)C. The lowest BCUT2D eigenvalue weighted by Crippen LogP contribution is -2.41. The lowest BCUT2D eigenvalue weighted by molar-refractivity contribution is 0.00578. The van der Waals surface area contributed by atoms with E-state index in [0.29, 0.717) is 19.8 Å². The maximum absolute atomic E-state index is 9.42. The smallest absolute Gasteiger partial charge is 0.494 e. The monoisotopic (exact) mass is 574 g/mol. The van der Waals surface area contributed by atoms with Crippen LogP contribution in [0, 0.1) is 0 Å². The Labute approximate surface area is 251 Å². The molecule has 0 spiro atoms. The third-order valence-corrected chi connectivity index (χ3v) is 8.39. The Balaban J connectivity index is 0.000000216. The number of aromatic hydroxyl groups is 1. The normalized spacial score (nSPS) is 19.7. The number of ether oxygens (including phenoxy) is 2. The van der Waals surface area contributed by atoms with E-state index in [2.05, 4.69) is 39.8 Å². The molecular formula is C33H44B2O7. The fourth-order valence-electron chi connectivity index (χ4n) is 4.36. The number of hydrogen-bond donors (Lipinski definition) is 1. The Morgan fingerprint density at radius 3 is 1.62 bits per heavy atom. The molecule has 0 unspecified atom stereocenters. The van der Waals surface area contributed by atoms with Crippen molar-refractivity contribution in [3.05, 3.63) is 84.4 Å². The highest BCUT2D eigenvalue weighted by molar-refractivity contribution is 6.62. The molecule has 0 aliphatic carbocycles. The number of hydrogen-bond acceptors (Lipinski definition) is 7. The van der Waals surface area contributed by atoms with Crippen molar-refractivity contribution in [1.82, 2.24) is 0 Å². The summed E-state index contributed by atoms with van der Waals surface area (Å²) in [7, 11) is -0.782. The maximum atomic E-state index is 9.42. The van der Waals surface area contributed by atoms with Crippen LogP contribution in [0.15, 0.2) is 78.9 Å². The van der Waals surface area contributed by atoms with Crippen molar-refractivity contribution in [2.45, 2.75) is 84.4 Å². The first kappa shape index (κ1) is 32.1. The van der Waals surface area contributed by atoms with Crippen molar-refractivity contribution in [2.75, 3.05) is 13.2 Å². The molecule has 0 atom stereocenters. The van der Waals surface area contributed by atoms with Crippen LogP contribution in [0.5, 0.6) is 11.5 Å². The molecule has 0 saturated carbocycles. The average molecular weight is 574 g/mol. The van der Waals surface area contributed by atoms with Gasteiger partial charge in [0.2, 0.25) is 0 Å². The molecule has 5 rings (SSSR count). The molecule has 3 aromatic carbocycles. The van der Waals surface area contributed by atoms with Gasteiger partial charge in [-0.05, 0) is 96.1 Å². The molecule has 7 nitrogen and oxygen atoms in total. The highest BCUT2D eigenvalue weighted by Crippen LogP contribution is 2.37. The molecule has 2 aliphatic rings. The zero-order chi connectivity index (χ0) is 30.6. The largest absolute Gasteiger partial charge is 0.508 e. The van der Waals surface area contributed by atoms with Crippen LogP contribution >= 0.6 is 0 Å². The van der Waals surface area contributed by atoms with Crippen LogP contribution in [-0.4, -0.2) is 55.0 Å². The van der Waals surface area contributed by atoms with Gasteiger partial charge in [-0.3, -0.25) is 0 Å². The molecule has 2 heterocycles. The van der Waals surface area contributed by atoms with Gasteiger partial charge in [0.1, 0.15) is 18.1 Å². The molecule has 42 heavy (non-hydrogen) atoms. The minimum atomic E-state index is -0.405. The lowest BCUT2D eigenvalue weighted by Gasteiger charge is -2.32. The Morgan fingerprint density at radius 1 is 0.595 bits per heavy atom. The standard InChI is InChI=1S/C21H27BO4.C12H17BO3/c1-20(2)21(3,4)26-22(25-20)18-11-8-12-19(15-18)24-14-13-23-16-17-9-6-5-7-10-17;1-11(2)12(3,4)16-13(15-11)9-6-5-7-10(14)8-9/h5-12,15H,13-14,16H2,1-4H3;5-8,14H,1-4H3. The highest BCUT2D eigenvalue weighted by Gasteiger charge is 2.52. The van der Waals surface area contributed by atoms with E-state index in [4.69, 9.17) is 28.1 Å². The summed E-state index contributed by atoms with van der Waals surface area (Å²) in [5.41, 5.74) is 1.59. The predicted molar refractivity (Wildman–Crippen MR) is 168 cm³/mol. The topological polar surface area (TPSA) is 75.6 Å². The third kappa shape index (κ3) is 7.77. The molecule has 2 saturated heterocycles. The van der Waals surface area contributed by atoms with Gasteiger partial charge in [-0.15, -0.1) is 0 Å². The average Bonchev–Trinajstić information content (AvgIpc) is 3.29. The van der Waals surface area contributed by atoms with Crippen molar-refractivity contribution in [3.63, 3.8) is 0 Å². The molecule has 0 radical (unpaired) electrons. The van der Waals surface area contributed by atoms with Crippen LogP contribution in [0.3, 0.4) is 0 Å². The second-order valence-electron chi connectivity index (χ2n) is 12.7. The summed E-state index contributed by atoms with van der Waals surface area (Å²) >= 11 is 0. The molecule has 0 bridgehead atoms. The zero-order valence-corrected chi connectivity index (χ0v) is 26.2. The highest BCUT2D eigenvalue weighted by atomic mass is 16.7. The van der Waals surface area contributed by atoms with Crippen LogP contribution in [0.2, 0.25) is 0 Å². The van der Waals surface area contributed by atoms with Gasteiger partial charge in [-0.2, -0.15) is 0 Å². The first-order valence-electron chi connectivity index (χ1n) is 14.5. The predicted octanol–water partition coefficient (Wildman–Crippen LogP) is 5.27. The first-order valence-corrected chi connectivity index (χ1v) is 14.5. The molecule has 0 amide bonds. The van der Waals surface area contributed by atoms with Crippen LogP contribution in [0.1, 0.15) is 61.0 Å². The van der Waals surface area contributed by atoms with Gasteiger partial charge >= 0.3 is 14.2 Å². The Morgan fingerprint density at radius 2 is 1.10 bits per heavy atom. The minimum Gasteiger partial charge on any atom is -0.508 e. The van der Waals surface area contributed by atoms with Gasteiger partial charge in [0.15, 0.2) is 0 Å². The summed E-state index contributed by atoms with van der Waals surface area (Å²) in [5.74, 6) is 1.02. The van der Waals surface area contributed by atoms with Crippen molar-refractivity contribution < 1.29 is 33.2 Å². The lowest BCUT2D eigenvalue weighted by atomic mass is 9.79. The van der Waals surface area contributed by atoms with Gasteiger partial charge in [0.25, 0.3) is 0 Å². The van der Waals surface area contributed by atoms with Gasteiger partial charge in [0, 0.05) is 0 Å². The van der Waals surface area contributed by atoms with Crippen molar-refractivity contribution in [2.24, 2.45) is 0 Å². The van der Waals surface area contributed by atoms with Gasteiger partial charge in [0.05, 0.1) is 35.6 Å². The third-order valence-electron chi connectivity index (χ3n) is 8.39. The molecule has 224 valence electrons. The molecule has 2 aliphatic heterocycles. The second kappa shape index (κ2) is 12.8. The van der Waals surface area contributed by atoms with E-state index < -0.39 is 7.12 Å².